The van der Waals surface area contributed by atoms with E-state index in [1.165, 1.54) is 17.5 Å². The molecule has 1 nitrogen and oxygen atoms in total. The molecule has 0 heterocycles. The summed E-state index contributed by atoms with van der Waals surface area (Å²) in [6, 6.07) is 8.67. The maximum Gasteiger partial charge on any atom is 0.113 e. The fourth-order valence-electron chi connectivity index (χ4n) is 4.05. The third-order valence-corrected chi connectivity index (χ3v) is 4.93. The topological polar surface area (TPSA) is 26.0 Å². The zero-order valence-electron chi connectivity index (χ0n) is 11.6. The molecule has 0 radical (unpaired) electrons. The zero-order chi connectivity index (χ0) is 13.3. The first-order valence-electron chi connectivity index (χ1n) is 7.69. The first kappa shape index (κ1) is 13.1. The molecule has 3 atom stereocenters. The van der Waals surface area contributed by atoms with Crippen LogP contribution in [0, 0.1) is 0 Å². The Morgan fingerprint density at radius 3 is 2.89 bits per heavy atom. The van der Waals surface area contributed by atoms with Crippen LogP contribution in [0.2, 0.25) is 0 Å². The van der Waals surface area contributed by atoms with Crippen molar-refractivity contribution in [1.82, 2.24) is 0 Å². The summed E-state index contributed by atoms with van der Waals surface area (Å²) in [5.41, 5.74) is 7.78. The van der Waals surface area contributed by atoms with Crippen LogP contribution in [0.25, 0.3) is 0 Å². The van der Waals surface area contributed by atoms with E-state index in [1.54, 1.807) is 0 Å². The summed E-state index contributed by atoms with van der Waals surface area (Å²) in [5.74, 6) is 0.403. The fraction of sp³-hybridized carbons (Fsp3) is 0.647. The Balaban J connectivity index is 1.77. The molecule has 19 heavy (non-hydrogen) atoms. The number of fused-ring (bicyclic) bond motifs is 1. The number of nitrogens with two attached hydrogens (primary N) is 1. The average Bonchev–Trinajstić information content (AvgIpc) is 2.38. The molecule has 2 heteroatoms. The van der Waals surface area contributed by atoms with E-state index in [-0.39, 0.29) is 6.04 Å². The minimum Gasteiger partial charge on any atom is -0.328 e. The van der Waals surface area contributed by atoms with Crippen molar-refractivity contribution in [3.8, 4) is 0 Å². The van der Waals surface area contributed by atoms with Gasteiger partial charge in [-0.3, -0.25) is 0 Å². The number of hydrogen-bond acceptors (Lipinski definition) is 1. The molecule has 2 aliphatic carbocycles. The van der Waals surface area contributed by atoms with E-state index >= 15 is 4.39 Å². The predicted molar refractivity (Wildman–Crippen MR) is 77.0 cm³/mol. The van der Waals surface area contributed by atoms with Gasteiger partial charge < -0.3 is 5.73 Å². The number of benzene rings is 1. The van der Waals surface area contributed by atoms with Gasteiger partial charge in [0.25, 0.3) is 0 Å². The summed E-state index contributed by atoms with van der Waals surface area (Å²) >= 11 is 0. The molecule has 0 saturated heterocycles. The van der Waals surface area contributed by atoms with Crippen LogP contribution in [0.3, 0.4) is 0 Å². The van der Waals surface area contributed by atoms with Crippen LogP contribution >= 0.6 is 0 Å². The molecule has 0 aliphatic heterocycles. The fourth-order valence-corrected chi connectivity index (χ4v) is 4.05. The van der Waals surface area contributed by atoms with Crippen molar-refractivity contribution in [1.29, 1.82) is 0 Å². The Labute approximate surface area is 115 Å². The highest BCUT2D eigenvalue weighted by molar-refractivity contribution is 5.32. The number of halogens is 1. The van der Waals surface area contributed by atoms with Gasteiger partial charge in [-0.25, -0.2) is 4.39 Å². The van der Waals surface area contributed by atoms with E-state index in [4.69, 9.17) is 5.73 Å². The highest BCUT2D eigenvalue weighted by Crippen LogP contribution is 2.43. The Morgan fingerprint density at radius 2 is 2.05 bits per heavy atom. The van der Waals surface area contributed by atoms with Crippen molar-refractivity contribution in [2.45, 2.75) is 69.0 Å². The monoisotopic (exact) mass is 261 g/mol. The lowest BCUT2D eigenvalue weighted by Crippen LogP contribution is -2.39. The van der Waals surface area contributed by atoms with Crippen LogP contribution in [0.4, 0.5) is 4.39 Å². The van der Waals surface area contributed by atoms with Gasteiger partial charge in [0.1, 0.15) is 5.67 Å². The SMILES string of the molecule is NC1CCCC(F)(CC2CCCc3ccccc32)C1. The van der Waals surface area contributed by atoms with Crippen molar-refractivity contribution < 1.29 is 4.39 Å². The molecule has 0 amide bonds. The van der Waals surface area contributed by atoms with E-state index in [1.807, 2.05) is 0 Å². The molecular weight excluding hydrogens is 237 g/mol. The maximum absolute atomic E-state index is 15.0. The van der Waals surface area contributed by atoms with Gasteiger partial charge in [0.15, 0.2) is 0 Å². The van der Waals surface area contributed by atoms with Gasteiger partial charge in [0, 0.05) is 6.04 Å². The maximum atomic E-state index is 15.0. The molecule has 0 aromatic heterocycles. The Bertz CT molecular complexity index is 445. The molecule has 1 aromatic carbocycles. The van der Waals surface area contributed by atoms with Gasteiger partial charge in [-0.2, -0.15) is 0 Å². The van der Waals surface area contributed by atoms with Gasteiger partial charge in [-0.1, -0.05) is 24.3 Å². The molecule has 104 valence electrons. The Kier molecular flexibility index (Phi) is 3.62. The largest absolute Gasteiger partial charge is 0.328 e. The van der Waals surface area contributed by atoms with Gasteiger partial charge >= 0.3 is 0 Å². The first-order chi connectivity index (χ1) is 9.16. The van der Waals surface area contributed by atoms with Crippen LogP contribution in [0.1, 0.15) is 62.0 Å². The highest BCUT2D eigenvalue weighted by Gasteiger charge is 2.38. The molecule has 0 bridgehead atoms. The molecular formula is C17H24FN. The number of aryl methyl sites for hydroxylation is 1. The lowest BCUT2D eigenvalue weighted by Gasteiger charge is -2.37. The summed E-state index contributed by atoms with van der Waals surface area (Å²) in [6.45, 7) is 0. The third kappa shape index (κ3) is 2.84. The molecule has 1 aromatic rings. The van der Waals surface area contributed by atoms with Crippen LogP contribution in [0.5, 0.6) is 0 Å². The average molecular weight is 261 g/mol. The second kappa shape index (κ2) is 5.24. The summed E-state index contributed by atoms with van der Waals surface area (Å²) < 4.78 is 15.0. The quantitative estimate of drug-likeness (QED) is 0.852. The van der Waals surface area contributed by atoms with Gasteiger partial charge in [-0.15, -0.1) is 0 Å². The number of alkyl halides is 1. The van der Waals surface area contributed by atoms with E-state index in [0.717, 1.165) is 25.7 Å². The zero-order valence-corrected chi connectivity index (χ0v) is 11.6. The molecule has 3 rings (SSSR count). The lowest BCUT2D eigenvalue weighted by molar-refractivity contribution is 0.0754. The molecule has 2 aliphatic rings. The van der Waals surface area contributed by atoms with Crippen LogP contribution in [-0.4, -0.2) is 11.7 Å². The first-order valence-corrected chi connectivity index (χ1v) is 7.69. The molecule has 0 spiro atoms. The third-order valence-electron chi connectivity index (χ3n) is 4.93. The van der Waals surface area contributed by atoms with E-state index in [0.29, 0.717) is 25.2 Å². The van der Waals surface area contributed by atoms with Gasteiger partial charge in [0.2, 0.25) is 0 Å². The minimum atomic E-state index is -1.02. The minimum absolute atomic E-state index is 0.0672. The smallest absolute Gasteiger partial charge is 0.113 e. The van der Waals surface area contributed by atoms with Crippen molar-refractivity contribution >= 4 is 0 Å². The van der Waals surface area contributed by atoms with Crippen molar-refractivity contribution in [3.63, 3.8) is 0 Å². The van der Waals surface area contributed by atoms with Crippen LogP contribution < -0.4 is 5.73 Å². The predicted octanol–water partition coefficient (Wildman–Crippen LogP) is 4.11. The molecule has 1 saturated carbocycles. The Hall–Kier alpha value is -0.890. The van der Waals surface area contributed by atoms with E-state index in [2.05, 4.69) is 24.3 Å². The van der Waals surface area contributed by atoms with Crippen molar-refractivity contribution in [3.05, 3.63) is 35.4 Å². The summed E-state index contributed by atoms with van der Waals surface area (Å²) in [6.07, 6.45) is 7.38. The summed E-state index contributed by atoms with van der Waals surface area (Å²) in [7, 11) is 0. The molecule has 1 fully saturated rings. The van der Waals surface area contributed by atoms with E-state index < -0.39 is 5.67 Å². The molecule has 2 N–H and O–H groups in total. The van der Waals surface area contributed by atoms with Gasteiger partial charge in [-0.05, 0) is 68.4 Å². The van der Waals surface area contributed by atoms with Crippen molar-refractivity contribution in [2.24, 2.45) is 5.73 Å². The van der Waals surface area contributed by atoms with Crippen LogP contribution in [0.15, 0.2) is 24.3 Å². The van der Waals surface area contributed by atoms with Gasteiger partial charge in [0.05, 0.1) is 0 Å². The highest BCUT2D eigenvalue weighted by atomic mass is 19.1. The molecule has 3 unspecified atom stereocenters. The number of rotatable bonds is 2. The van der Waals surface area contributed by atoms with Crippen molar-refractivity contribution in [2.75, 3.05) is 0 Å². The van der Waals surface area contributed by atoms with E-state index in [9.17, 15) is 0 Å². The standard InChI is InChI=1S/C17H24FN/c18-17(10-4-8-15(19)12-17)11-14-7-3-6-13-5-1-2-9-16(13)14/h1-2,5,9,14-15H,3-4,6-8,10-12,19H2. The lowest BCUT2D eigenvalue weighted by atomic mass is 9.72. The number of hydrogen-bond donors (Lipinski definition) is 1. The summed E-state index contributed by atoms with van der Waals surface area (Å²) in [5, 5.41) is 0. The summed E-state index contributed by atoms with van der Waals surface area (Å²) in [4.78, 5) is 0. The van der Waals surface area contributed by atoms with Crippen LogP contribution in [-0.2, 0) is 6.42 Å². The normalized spacial score (nSPS) is 34.8. The Morgan fingerprint density at radius 1 is 1.21 bits per heavy atom. The second-order valence-corrected chi connectivity index (χ2v) is 6.50. The second-order valence-electron chi connectivity index (χ2n) is 6.50.